The van der Waals surface area contributed by atoms with Crippen molar-refractivity contribution in [1.29, 1.82) is 0 Å². The maximum Gasteiger partial charge on any atom is 0.236 e. The highest BCUT2D eigenvalue weighted by atomic mass is 19.1. The van der Waals surface area contributed by atoms with E-state index in [1.54, 1.807) is 18.2 Å². The molecule has 2 aromatic heterocycles. The minimum Gasteiger partial charge on any atom is -0.308 e. The van der Waals surface area contributed by atoms with E-state index in [2.05, 4.69) is 20.4 Å². The Kier molecular flexibility index (Phi) is 3.52. The first-order chi connectivity index (χ1) is 12.1. The van der Waals surface area contributed by atoms with Crippen molar-refractivity contribution in [1.82, 2.24) is 19.7 Å². The van der Waals surface area contributed by atoms with Crippen LogP contribution in [0.3, 0.4) is 0 Å². The number of benzene rings is 1. The van der Waals surface area contributed by atoms with E-state index in [-0.39, 0.29) is 17.5 Å². The smallest absolute Gasteiger partial charge is 0.236 e. The van der Waals surface area contributed by atoms with Gasteiger partial charge in [-0.15, -0.1) is 5.10 Å². The number of carbonyl (C=O) groups excluding carboxylic acids is 1. The molecular weight excluding hydrogens is 328 g/mol. The van der Waals surface area contributed by atoms with Gasteiger partial charge >= 0.3 is 0 Å². The molecule has 1 aliphatic carbocycles. The summed E-state index contributed by atoms with van der Waals surface area (Å²) in [5.41, 5.74) is -0.483. The van der Waals surface area contributed by atoms with Gasteiger partial charge in [-0.25, -0.2) is 23.4 Å². The van der Waals surface area contributed by atoms with Gasteiger partial charge in [0.2, 0.25) is 5.91 Å². The van der Waals surface area contributed by atoms with Gasteiger partial charge in [-0.05, 0) is 18.9 Å². The molecule has 126 valence electrons. The summed E-state index contributed by atoms with van der Waals surface area (Å²) < 4.78 is 28.9. The first-order valence-electron chi connectivity index (χ1n) is 7.68. The fourth-order valence-corrected chi connectivity index (χ4v) is 2.81. The quantitative estimate of drug-likeness (QED) is 0.792. The van der Waals surface area contributed by atoms with Gasteiger partial charge in [0.25, 0.3) is 0 Å². The molecule has 1 fully saturated rings. The molecule has 8 heteroatoms. The topological polar surface area (TPSA) is 72.7 Å². The van der Waals surface area contributed by atoms with E-state index in [0.717, 1.165) is 6.20 Å². The monoisotopic (exact) mass is 341 g/mol. The first kappa shape index (κ1) is 15.4. The summed E-state index contributed by atoms with van der Waals surface area (Å²) in [5, 5.41) is 6.78. The zero-order chi connectivity index (χ0) is 17.4. The zero-order valence-corrected chi connectivity index (χ0v) is 13.0. The first-order valence-corrected chi connectivity index (χ1v) is 7.68. The molecule has 0 aliphatic heterocycles. The van der Waals surface area contributed by atoms with E-state index in [4.69, 9.17) is 0 Å². The molecule has 4 rings (SSSR count). The summed E-state index contributed by atoms with van der Waals surface area (Å²) >= 11 is 0. The summed E-state index contributed by atoms with van der Waals surface area (Å²) in [6.07, 6.45) is 4.85. The highest BCUT2D eigenvalue weighted by Crippen LogP contribution is 2.49. The zero-order valence-electron chi connectivity index (χ0n) is 13.0. The van der Waals surface area contributed by atoms with Crippen molar-refractivity contribution in [3.8, 4) is 5.82 Å². The standard InChI is InChI=1S/C17H13F2N5O/c18-12-4-2-1-3-11(12)17(6-7-17)16(25)22-14-5-8-24(23-14)15-13(19)9-20-10-21-15/h1-5,8-10H,6-7H2,(H,22,23,25). The fraction of sp³-hybridized carbons (Fsp3) is 0.176. The number of hydrogen-bond donors (Lipinski definition) is 1. The van der Waals surface area contributed by atoms with Crippen molar-refractivity contribution in [2.75, 3.05) is 5.32 Å². The predicted molar refractivity (Wildman–Crippen MR) is 85.1 cm³/mol. The maximum absolute atomic E-state index is 14.0. The van der Waals surface area contributed by atoms with Crippen LogP contribution in [0.2, 0.25) is 0 Å². The molecule has 0 radical (unpaired) electrons. The van der Waals surface area contributed by atoms with Crippen molar-refractivity contribution in [2.24, 2.45) is 0 Å². The van der Waals surface area contributed by atoms with Gasteiger partial charge in [-0.2, -0.15) is 0 Å². The number of aromatic nitrogens is 4. The minimum absolute atomic E-state index is 0.0225. The molecule has 2 heterocycles. The van der Waals surface area contributed by atoms with E-state index in [9.17, 15) is 13.6 Å². The third kappa shape index (κ3) is 2.65. The van der Waals surface area contributed by atoms with E-state index in [1.165, 1.54) is 29.3 Å². The molecule has 0 spiro atoms. The van der Waals surface area contributed by atoms with Crippen LogP contribution in [0.25, 0.3) is 5.82 Å². The Morgan fingerprint density at radius 3 is 2.68 bits per heavy atom. The van der Waals surface area contributed by atoms with Gasteiger partial charge in [0.05, 0.1) is 11.6 Å². The molecule has 1 amide bonds. The normalized spacial score (nSPS) is 15.0. The molecule has 6 nitrogen and oxygen atoms in total. The minimum atomic E-state index is -0.866. The Bertz CT molecular complexity index is 951. The number of rotatable bonds is 4. The van der Waals surface area contributed by atoms with Crippen LogP contribution in [0, 0.1) is 11.6 Å². The van der Waals surface area contributed by atoms with Crippen LogP contribution in [0.5, 0.6) is 0 Å². The molecule has 1 aromatic carbocycles. The maximum atomic E-state index is 14.0. The molecule has 1 saturated carbocycles. The molecule has 25 heavy (non-hydrogen) atoms. The molecule has 1 N–H and O–H groups in total. The van der Waals surface area contributed by atoms with E-state index in [1.807, 2.05) is 0 Å². The molecule has 0 bridgehead atoms. The largest absolute Gasteiger partial charge is 0.308 e. The second-order valence-electron chi connectivity index (χ2n) is 5.86. The SMILES string of the molecule is O=C(Nc1ccn(-c2ncncc2F)n1)C1(c2ccccc2F)CC1. The fourth-order valence-electron chi connectivity index (χ4n) is 2.81. The molecule has 0 unspecified atom stereocenters. The van der Waals surface area contributed by atoms with Crippen LogP contribution in [-0.2, 0) is 10.2 Å². The Hall–Kier alpha value is -3.16. The number of halogens is 2. The molecule has 1 aliphatic rings. The number of hydrogen-bond acceptors (Lipinski definition) is 4. The van der Waals surface area contributed by atoms with Gasteiger partial charge in [0.15, 0.2) is 17.5 Å². The van der Waals surface area contributed by atoms with Crippen molar-refractivity contribution in [3.63, 3.8) is 0 Å². The summed E-state index contributed by atoms with van der Waals surface area (Å²) in [6.45, 7) is 0. The lowest BCUT2D eigenvalue weighted by Crippen LogP contribution is -2.29. The van der Waals surface area contributed by atoms with Crippen LogP contribution in [0.4, 0.5) is 14.6 Å². The summed E-state index contributed by atoms with van der Waals surface area (Å²) in [7, 11) is 0. The lowest BCUT2D eigenvalue weighted by atomic mass is 9.94. The second kappa shape index (κ2) is 5.73. The van der Waals surface area contributed by atoms with E-state index >= 15 is 0 Å². The highest BCUT2D eigenvalue weighted by molar-refractivity contribution is 6.00. The summed E-state index contributed by atoms with van der Waals surface area (Å²) in [4.78, 5) is 20.0. The Morgan fingerprint density at radius 2 is 1.96 bits per heavy atom. The van der Waals surface area contributed by atoms with Crippen molar-refractivity contribution in [2.45, 2.75) is 18.3 Å². The third-order valence-electron chi connectivity index (χ3n) is 4.27. The van der Waals surface area contributed by atoms with Crippen molar-refractivity contribution < 1.29 is 13.6 Å². The van der Waals surface area contributed by atoms with Crippen molar-refractivity contribution in [3.05, 3.63) is 66.3 Å². The average Bonchev–Trinajstić information content (AvgIpc) is 3.29. The predicted octanol–water partition coefficient (Wildman–Crippen LogP) is 2.61. The lowest BCUT2D eigenvalue weighted by Gasteiger charge is -2.15. The molecule has 3 aromatic rings. The van der Waals surface area contributed by atoms with Crippen LogP contribution < -0.4 is 5.32 Å². The second-order valence-corrected chi connectivity index (χ2v) is 5.86. The van der Waals surface area contributed by atoms with Crippen LogP contribution in [0.1, 0.15) is 18.4 Å². The number of nitrogens with one attached hydrogen (secondary N) is 1. The number of anilines is 1. The van der Waals surface area contributed by atoms with Gasteiger partial charge in [-0.1, -0.05) is 18.2 Å². The van der Waals surface area contributed by atoms with E-state index in [0.29, 0.717) is 18.4 Å². The molecular formula is C17H13F2N5O. The third-order valence-corrected chi connectivity index (χ3v) is 4.27. The van der Waals surface area contributed by atoms with Crippen LogP contribution >= 0.6 is 0 Å². The Balaban J connectivity index is 1.57. The molecule has 0 saturated heterocycles. The van der Waals surface area contributed by atoms with Crippen molar-refractivity contribution >= 4 is 11.7 Å². The highest BCUT2D eigenvalue weighted by Gasteiger charge is 2.52. The summed E-state index contributed by atoms with van der Waals surface area (Å²) in [5.74, 6) is -1.14. The van der Waals surface area contributed by atoms with E-state index < -0.39 is 17.0 Å². The number of nitrogens with zero attached hydrogens (tertiary/aromatic N) is 4. The lowest BCUT2D eigenvalue weighted by molar-refractivity contribution is -0.118. The van der Waals surface area contributed by atoms with Crippen LogP contribution in [0.15, 0.2) is 49.1 Å². The summed E-state index contributed by atoms with van der Waals surface area (Å²) in [6, 6.07) is 7.78. The number of carbonyl (C=O) groups is 1. The number of amides is 1. The average molecular weight is 341 g/mol. The van der Waals surface area contributed by atoms with Crippen LogP contribution in [-0.4, -0.2) is 25.7 Å². The molecule has 0 atom stereocenters. The Labute approximate surface area is 141 Å². The van der Waals surface area contributed by atoms with Gasteiger partial charge in [-0.3, -0.25) is 4.79 Å². The van der Waals surface area contributed by atoms with Gasteiger partial charge in [0.1, 0.15) is 12.1 Å². The van der Waals surface area contributed by atoms with Gasteiger partial charge in [0, 0.05) is 17.8 Å². The van der Waals surface area contributed by atoms with Gasteiger partial charge < -0.3 is 5.32 Å². The Morgan fingerprint density at radius 1 is 1.16 bits per heavy atom.